The average Bonchev–Trinajstić information content (AvgIpc) is 2.70. The Morgan fingerprint density at radius 3 is 1.26 bits per heavy atom. The maximum absolute atomic E-state index is 12.9. The summed E-state index contributed by atoms with van der Waals surface area (Å²) in [5.74, 6) is 0.355. The van der Waals surface area contributed by atoms with Crippen LogP contribution in [0.5, 0.6) is 0 Å². The Balaban J connectivity index is 2.02. The number of carbonyl (C=O) groups excluding carboxylic acids is 3. The highest BCUT2D eigenvalue weighted by atomic mass is 16.2. The predicted octanol–water partition coefficient (Wildman–Crippen LogP) is 5.37. The molecule has 0 bridgehead atoms. The molecule has 2 aromatic rings. The van der Waals surface area contributed by atoms with Gasteiger partial charge in [-0.15, -0.1) is 0 Å². The van der Waals surface area contributed by atoms with Gasteiger partial charge in [-0.2, -0.15) is 0 Å². The van der Waals surface area contributed by atoms with Crippen molar-refractivity contribution in [2.24, 2.45) is 0 Å². The standard InChI is InChI=1S/C29H40N2O3/c1-21(32)15-17-23-11-7-9-13-25(23)19-28(3,4)30-27(34)31-29(5,6)20-26-14-10-8-12-24(26)18-16-22(2)33/h7-14H,15-20H2,1-6H3,(H2,30,31,34). The van der Waals surface area contributed by atoms with Gasteiger partial charge in [0.2, 0.25) is 0 Å². The lowest BCUT2D eigenvalue weighted by molar-refractivity contribution is -0.117. The predicted molar refractivity (Wildman–Crippen MR) is 138 cm³/mol. The Hall–Kier alpha value is -2.95. The third kappa shape index (κ3) is 9.50. The third-order valence-corrected chi connectivity index (χ3v) is 5.90. The fourth-order valence-corrected chi connectivity index (χ4v) is 4.26. The van der Waals surface area contributed by atoms with Crippen LogP contribution in [0.1, 0.15) is 76.6 Å². The zero-order valence-corrected chi connectivity index (χ0v) is 21.6. The summed E-state index contributed by atoms with van der Waals surface area (Å²) in [5.41, 5.74) is 3.66. The summed E-state index contributed by atoms with van der Waals surface area (Å²) in [6.45, 7) is 11.3. The molecule has 0 aliphatic rings. The minimum Gasteiger partial charge on any atom is -0.333 e. The summed E-state index contributed by atoms with van der Waals surface area (Å²) < 4.78 is 0. The quantitative estimate of drug-likeness (QED) is 0.443. The molecule has 2 N–H and O–H groups in total. The van der Waals surface area contributed by atoms with Crippen molar-refractivity contribution in [2.45, 2.75) is 91.1 Å². The van der Waals surface area contributed by atoms with Crippen molar-refractivity contribution in [1.82, 2.24) is 10.6 Å². The van der Waals surface area contributed by atoms with E-state index in [0.717, 1.165) is 22.3 Å². The number of aryl methyl sites for hydroxylation is 2. The molecule has 0 aliphatic heterocycles. The van der Waals surface area contributed by atoms with Crippen LogP contribution in [0.3, 0.4) is 0 Å². The van der Waals surface area contributed by atoms with Gasteiger partial charge >= 0.3 is 6.03 Å². The number of Topliss-reactive ketones (excluding diaryl/α,β-unsaturated/α-hetero) is 2. The Bertz CT molecular complexity index is 928. The molecule has 2 rings (SSSR count). The molecule has 2 amide bonds. The first kappa shape index (κ1) is 27.3. The lowest BCUT2D eigenvalue weighted by Gasteiger charge is -2.32. The third-order valence-electron chi connectivity index (χ3n) is 5.90. The first-order valence-corrected chi connectivity index (χ1v) is 12.1. The summed E-state index contributed by atoms with van der Waals surface area (Å²) >= 11 is 0. The molecule has 0 heterocycles. The SMILES string of the molecule is CC(=O)CCc1ccccc1CC(C)(C)NC(=O)NC(C)(C)Cc1ccccc1CCC(C)=O. The Kier molecular flexibility index (Phi) is 9.60. The van der Waals surface area contributed by atoms with E-state index in [1.54, 1.807) is 13.8 Å². The number of ketones is 2. The highest BCUT2D eigenvalue weighted by molar-refractivity contribution is 5.76. The van der Waals surface area contributed by atoms with E-state index >= 15 is 0 Å². The van der Waals surface area contributed by atoms with Crippen molar-refractivity contribution in [2.75, 3.05) is 0 Å². The zero-order chi connectivity index (χ0) is 25.4. The number of urea groups is 1. The number of amides is 2. The smallest absolute Gasteiger partial charge is 0.315 e. The van der Waals surface area contributed by atoms with Crippen LogP contribution < -0.4 is 10.6 Å². The van der Waals surface area contributed by atoms with Crippen LogP contribution in [0.25, 0.3) is 0 Å². The van der Waals surface area contributed by atoms with Gasteiger partial charge in [-0.3, -0.25) is 0 Å². The molecule has 0 saturated carbocycles. The minimum atomic E-state index is -0.466. The monoisotopic (exact) mass is 464 g/mol. The summed E-state index contributed by atoms with van der Waals surface area (Å²) in [4.78, 5) is 35.8. The van der Waals surface area contributed by atoms with E-state index < -0.39 is 11.1 Å². The van der Waals surface area contributed by atoms with E-state index in [9.17, 15) is 14.4 Å². The number of rotatable bonds is 12. The van der Waals surface area contributed by atoms with Crippen molar-refractivity contribution >= 4 is 17.6 Å². The fraction of sp³-hybridized carbons (Fsp3) is 0.483. The normalized spacial score (nSPS) is 11.7. The van der Waals surface area contributed by atoms with Crippen LogP contribution in [-0.2, 0) is 35.3 Å². The van der Waals surface area contributed by atoms with Crippen molar-refractivity contribution in [3.05, 3.63) is 70.8 Å². The fourth-order valence-electron chi connectivity index (χ4n) is 4.26. The van der Waals surface area contributed by atoms with Crippen LogP contribution in [0, 0.1) is 0 Å². The van der Waals surface area contributed by atoms with E-state index in [1.165, 1.54) is 0 Å². The lowest BCUT2D eigenvalue weighted by Crippen LogP contribution is -2.55. The molecule has 0 saturated heterocycles. The van der Waals surface area contributed by atoms with E-state index in [4.69, 9.17) is 0 Å². The van der Waals surface area contributed by atoms with Gasteiger partial charge in [-0.1, -0.05) is 48.5 Å². The highest BCUT2D eigenvalue weighted by Crippen LogP contribution is 2.21. The van der Waals surface area contributed by atoms with E-state index in [-0.39, 0.29) is 17.6 Å². The van der Waals surface area contributed by atoms with Crippen molar-refractivity contribution in [1.29, 1.82) is 0 Å². The topological polar surface area (TPSA) is 75.3 Å². The summed E-state index contributed by atoms with van der Waals surface area (Å²) in [7, 11) is 0. The molecule has 5 nitrogen and oxygen atoms in total. The second kappa shape index (κ2) is 12.0. The molecule has 34 heavy (non-hydrogen) atoms. The van der Waals surface area contributed by atoms with Gasteiger partial charge < -0.3 is 20.2 Å². The lowest BCUT2D eigenvalue weighted by atomic mass is 9.89. The van der Waals surface area contributed by atoms with Crippen molar-refractivity contribution in [3.8, 4) is 0 Å². The van der Waals surface area contributed by atoms with E-state index in [0.29, 0.717) is 38.5 Å². The molecule has 0 aromatic heterocycles. The minimum absolute atomic E-state index is 0.177. The second-order valence-electron chi connectivity index (χ2n) is 10.6. The molecule has 5 heteroatoms. The molecule has 0 atom stereocenters. The van der Waals surface area contributed by atoms with Crippen LogP contribution in [0.4, 0.5) is 4.79 Å². The van der Waals surface area contributed by atoms with Crippen LogP contribution in [0.15, 0.2) is 48.5 Å². The van der Waals surface area contributed by atoms with Gasteiger partial charge in [-0.25, -0.2) is 4.79 Å². The first-order valence-electron chi connectivity index (χ1n) is 12.1. The molecule has 0 spiro atoms. The Morgan fingerprint density at radius 1 is 0.618 bits per heavy atom. The van der Waals surface area contributed by atoms with Crippen molar-refractivity contribution < 1.29 is 14.4 Å². The molecule has 0 aliphatic carbocycles. The molecule has 0 fully saturated rings. The molecule has 0 unspecified atom stereocenters. The zero-order valence-electron chi connectivity index (χ0n) is 21.6. The van der Waals surface area contributed by atoms with Crippen LogP contribution >= 0.6 is 0 Å². The number of hydrogen-bond donors (Lipinski definition) is 2. The largest absolute Gasteiger partial charge is 0.333 e. The van der Waals surface area contributed by atoms with Crippen LogP contribution in [-0.4, -0.2) is 28.7 Å². The van der Waals surface area contributed by atoms with Crippen molar-refractivity contribution in [3.63, 3.8) is 0 Å². The Labute approximate surface area is 204 Å². The van der Waals surface area contributed by atoms with Gasteiger partial charge in [0.05, 0.1) is 0 Å². The second-order valence-corrected chi connectivity index (χ2v) is 10.6. The Morgan fingerprint density at radius 2 is 0.941 bits per heavy atom. The van der Waals surface area contributed by atoms with Gasteiger partial charge in [0, 0.05) is 23.9 Å². The summed E-state index contributed by atoms with van der Waals surface area (Å²) in [6, 6.07) is 16.0. The number of carbonyl (C=O) groups is 3. The van der Waals surface area contributed by atoms with Gasteiger partial charge in [0.1, 0.15) is 11.6 Å². The summed E-state index contributed by atoms with van der Waals surface area (Å²) in [6.07, 6.45) is 3.81. The molecule has 184 valence electrons. The van der Waals surface area contributed by atoms with Gasteiger partial charge in [0.25, 0.3) is 0 Å². The molecule has 0 radical (unpaired) electrons. The van der Waals surface area contributed by atoms with E-state index in [1.807, 2.05) is 52.0 Å². The maximum atomic E-state index is 12.9. The average molecular weight is 465 g/mol. The van der Waals surface area contributed by atoms with Gasteiger partial charge in [-0.05, 0) is 89.5 Å². The molecule has 2 aromatic carbocycles. The molecular weight excluding hydrogens is 424 g/mol. The summed E-state index contributed by atoms with van der Waals surface area (Å²) in [5, 5.41) is 6.26. The van der Waals surface area contributed by atoms with E-state index in [2.05, 4.69) is 34.9 Å². The number of hydrogen-bond acceptors (Lipinski definition) is 3. The number of benzene rings is 2. The van der Waals surface area contributed by atoms with Gasteiger partial charge in [0.15, 0.2) is 0 Å². The number of nitrogens with one attached hydrogen (secondary N) is 2. The highest BCUT2D eigenvalue weighted by Gasteiger charge is 2.27. The maximum Gasteiger partial charge on any atom is 0.315 e. The molecular formula is C29H40N2O3. The van der Waals surface area contributed by atoms with Crippen LogP contribution in [0.2, 0.25) is 0 Å². The first-order chi connectivity index (χ1) is 15.9.